The molecule has 2 N–H and O–H groups in total. The molecule has 0 spiro atoms. The molecule has 3 nitrogen and oxygen atoms in total. The van der Waals surface area contributed by atoms with Crippen LogP contribution in [0.1, 0.15) is 18.1 Å². The third-order valence-electron chi connectivity index (χ3n) is 3.38. The SMILES string of the molecule is CC(=O)C(C(N)=O)=C1c2ccccc2Sc2ccccc21. The molecule has 0 aliphatic carbocycles. The summed E-state index contributed by atoms with van der Waals surface area (Å²) in [7, 11) is 0. The van der Waals surface area contributed by atoms with Crippen molar-refractivity contribution >= 4 is 29.0 Å². The first kappa shape index (κ1) is 13.6. The van der Waals surface area contributed by atoms with E-state index in [4.69, 9.17) is 5.73 Å². The van der Waals surface area contributed by atoms with Crippen molar-refractivity contribution in [2.75, 3.05) is 0 Å². The number of amides is 1. The van der Waals surface area contributed by atoms with Gasteiger partial charge in [-0.15, -0.1) is 0 Å². The topological polar surface area (TPSA) is 60.2 Å². The fourth-order valence-corrected chi connectivity index (χ4v) is 3.62. The van der Waals surface area contributed by atoms with Crippen molar-refractivity contribution in [3.63, 3.8) is 0 Å². The second-order valence-electron chi connectivity index (χ2n) is 4.76. The minimum absolute atomic E-state index is 0.0650. The van der Waals surface area contributed by atoms with E-state index in [9.17, 15) is 9.59 Å². The highest BCUT2D eigenvalue weighted by molar-refractivity contribution is 7.99. The largest absolute Gasteiger partial charge is 0.365 e. The number of primary amides is 1. The van der Waals surface area contributed by atoms with Gasteiger partial charge in [0, 0.05) is 15.4 Å². The molecule has 0 aromatic heterocycles. The number of benzene rings is 2. The maximum absolute atomic E-state index is 11.9. The zero-order valence-electron chi connectivity index (χ0n) is 11.4. The Morgan fingerprint density at radius 2 is 1.38 bits per heavy atom. The van der Waals surface area contributed by atoms with Crippen LogP contribution in [0, 0.1) is 0 Å². The van der Waals surface area contributed by atoms with Crippen LogP contribution in [0.2, 0.25) is 0 Å². The number of hydrogen-bond donors (Lipinski definition) is 1. The lowest BCUT2D eigenvalue weighted by molar-refractivity contribution is -0.119. The number of rotatable bonds is 2. The number of fused-ring (bicyclic) bond motifs is 2. The number of ketones is 1. The number of carbonyl (C=O) groups excluding carboxylic acids is 2. The Kier molecular flexibility index (Phi) is 3.39. The van der Waals surface area contributed by atoms with Crippen LogP contribution >= 0.6 is 11.8 Å². The van der Waals surface area contributed by atoms with Crippen LogP contribution in [0.4, 0.5) is 0 Å². The standard InChI is InChI=1S/C17H13NO2S/c1-10(19)15(17(18)20)16-11-6-2-4-8-13(11)21-14-9-5-3-7-12(14)16/h2-9H,1H3,(H2,18,20). The third-order valence-corrected chi connectivity index (χ3v) is 4.53. The number of hydrogen-bond acceptors (Lipinski definition) is 3. The molecule has 1 amide bonds. The van der Waals surface area contributed by atoms with Crippen molar-refractivity contribution in [1.82, 2.24) is 0 Å². The summed E-state index contributed by atoms with van der Waals surface area (Å²) in [6.07, 6.45) is 0. The summed E-state index contributed by atoms with van der Waals surface area (Å²) in [5.41, 5.74) is 7.92. The van der Waals surface area contributed by atoms with Crippen LogP contribution in [-0.4, -0.2) is 11.7 Å². The minimum atomic E-state index is -0.686. The summed E-state index contributed by atoms with van der Waals surface area (Å²) < 4.78 is 0. The Hall–Kier alpha value is -2.33. The molecule has 0 bridgehead atoms. The molecule has 1 aliphatic rings. The van der Waals surface area contributed by atoms with Crippen LogP contribution in [0.25, 0.3) is 5.57 Å². The molecule has 104 valence electrons. The average molecular weight is 295 g/mol. The lowest BCUT2D eigenvalue weighted by atomic mass is 9.90. The molecule has 2 aromatic carbocycles. The van der Waals surface area contributed by atoms with Crippen LogP contribution in [0.5, 0.6) is 0 Å². The van der Waals surface area contributed by atoms with E-state index in [1.807, 2.05) is 48.5 Å². The van der Waals surface area contributed by atoms with E-state index in [1.54, 1.807) is 11.8 Å². The Balaban J connectivity index is 2.41. The van der Waals surface area contributed by atoms with Crippen molar-refractivity contribution in [3.8, 4) is 0 Å². The Morgan fingerprint density at radius 1 is 0.905 bits per heavy atom. The van der Waals surface area contributed by atoms with Gasteiger partial charge in [0.1, 0.15) is 0 Å². The van der Waals surface area contributed by atoms with E-state index in [1.165, 1.54) is 6.92 Å². The number of nitrogens with two attached hydrogens (primary N) is 1. The zero-order chi connectivity index (χ0) is 15.0. The van der Waals surface area contributed by atoms with Crippen molar-refractivity contribution in [2.45, 2.75) is 16.7 Å². The van der Waals surface area contributed by atoms with E-state index in [0.29, 0.717) is 5.57 Å². The highest BCUT2D eigenvalue weighted by Gasteiger charge is 2.27. The fourth-order valence-electron chi connectivity index (χ4n) is 2.53. The molecule has 2 aromatic rings. The average Bonchev–Trinajstić information content (AvgIpc) is 2.46. The summed E-state index contributed by atoms with van der Waals surface area (Å²) >= 11 is 1.63. The molecule has 3 rings (SSSR count). The van der Waals surface area contributed by atoms with Gasteiger partial charge >= 0.3 is 0 Å². The fraction of sp³-hybridized carbons (Fsp3) is 0.0588. The van der Waals surface area contributed by atoms with Gasteiger partial charge < -0.3 is 5.73 Å². The minimum Gasteiger partial charge on any atom is -0.365 e. The first-order valence-corrected chi connectivity index (χ1v) is 7.33. The van der Waals surface area contributed by atoms with Gasteiger partial charge in [-0.1, -0.05) is 48.2 Å². The molecule has 4 heteroatoms. The lowest BCUT2D eigenvalue weighted by Crippen LogP contribution is -2.22. The zero-order valence-corrected chi connectivity index (χ0v) is 12.2. The van der Waals surface area contributed by atoms with E-state index < -0.39 is 5.91 Å². The maximum atomic E-state index is 11.9. The molecule has 0 unspecified atom stereocenters. The first-order chi connectivity index (χ1) is 10.1. The molecule has 0 fully saturated rings. The predicted octanol–water partition coefficient (Wildman–Crippen LogP) is 3.03. The van der Waals surface area contributed by atoms with Crippen molar-refractivity contribution in [1.29, 1.82) is 0 Å². The normalized spacial score (nSPS) is 12.3. The van der Waals surface area contributed by atoms with Gasteiger partial charge in [-0.3, -0.25) is 9.59 Å². The first-order valence-electron chi connectivity index (χ1n) is 6.51. The molecular weight excluding hydrogens is 282 g/mol. The van der Waals surface area contributed by atoms with Gasteiger partial charge in [-0.25, -0.2) is 0 Å². The summed E-state index contributed by atoms with van der Waals surface area (Å²) in [6, 6.07) is 15.5. The van der Waals surface area contributed by atoms with Crippen LogP contribution in [0.15, 0.2) is 63.9 Å². The van der Waals surface area contributed by atoms with Gasteiger partial charge in [0.2, 0.25) is 0 Å². The van der Waals surface area contributed by atoms with Crippen molar-refractivity contribution in [2.24, 2.45) is 5.73 Å². The molecular formula is C17H13NO2S. The summed E-state index contributed by atoms with van der Waals surface area (Å²) in [5, 5.41) is 0. The van der Waals surface area contributed by atoms with Gasteiger partial charge in [0.15, 0.2) is 5.78 Å². The highest BCUT2D eigenvalue weighted by atomic mass is 32.2. The Bertz CT molecular complexity index is 729. The molecule has 1 aliphatic heterocycles. The molecule has 0 saturated heterocycles. The highest BCUT2D eigenvalue weighted by Crippen LogP contribution is 2.46. The molecule has 1 heterocycles. The lowest BCUT2D eigenvalue weighted by Gasteiger charge is -2.23. The summed E-state index contributed by atoms with van der Waals surface area (Å²) in [4.78, 5) is 25.8. The smallest absolute Gasteiger partial charge is 0.252 e. The Morgan fingerprint density at radius 3 is 1.81 bits per heavy atom. The third kappa shape index (κ3) is 2.28. The summed E-state index contributed by atoms with van der Waals surface area (Å²) in [5.74, 6) is -0.997. The second kappa shape index (κ2) is 5.22. The van der Waals surface area contributed by atoms with Crippen LogP contribution < -0.4 is 5.73 Å². The van der Waals surface area contributed by atoms with Crippen molar-refractivity contribution in [3.05, 3.63) is 65.2 Å². The molecule has 21 heavy (non-hydrogen) atoms. The van der Waals surface area contributed by atoms with Crippen LogP contribution in [-0.2, 0) is 9.59 Å². The summed E-state index contributed by atoms with van der Waals surface area (Å²) in [6.45, 7) is 1.38. The second-order valence-corrected chi connectivity index (χ2v) is 5.85. The monoisotopic (exact) mass is 295 g/mol. The maximum Gasteiger partial charge on any atom is 0.252 e. The quantitative estimate of drug-likeness (QED) is 0.449. The van der Waals surface area contributed by atoms with Crippen LogP contribution in [0.3, 0.4) is 0 Å². The van der Waals surface area contributed by atoms with Gasteiger partial charge in [0.25, 0.3) is 5.91 Å². The van der Waals surface area contributed by atoms with Gasteiger partial charge in [-0.2, -0.15) is 0 Å². The van der Waals surface area contributed by atoms with Gasteiger partial charge in [-0.05, 0) is 30.2 Å². The van der Waals surface area contributed by atoms with E-state index in [0.717, 1.165) is 20.9 Å². The van der Waals surface area contributed by atoms with Crippen molar-refractivity contribution < 1.29 is 9.59 Å². The number of Topliss-reactive ketones (excluding diaryl/α,β-unsaturated/α-hetero) is 1. The van der Waals surface area contributed by atoms with Gasteiger partial charge in [0.05, 0.1) is 5.57 Å². The van der Waals surface area contributed by atoms with E-state index in [-0.39, 0.29) is 11.4 Å². The van der Waals surface area contributed by atoms with E-state index >= 15 is 0 Å². The predicted molar refractivity (Wildman–Crippen MR) is 82.9 cm³/mol. The van der Waals surface area contributed by atoms with E-state index in [2.05, 4.69) is 0 Å². The molecule has 0 atom stereocenters. The molecule has 0 radical (unpaired) electrons. The number of carbonyl (C=O) groups is 2. The Labute approximate surface area is 126 Å². The molecule has 0 saturated carbocycles.